The van der Waals surface area contributed by atoms with Crippen molar-refractivity contribution in [3.05, 3.63) is 71.8 Å². The minimum atomic E-state index is -1.01. The van der Waals surface area contributed by atoms with Crippen LogP contribution in [-0.4, -0.2) is 23.1 Å². The molecular weight excluding hydrogens is 330 g/mol. The summed E-state index contributed by atoms with van der Waals surface area (Å²) in [5.41, 5.74) is 1.67. The molecule has 5 heteroatoms. The van der Waals surface area contributed by atoms with Crippen molar-refractivity contribution in [2.75, 3.05) is 5.32 Å². The van der Waals surface area contributed by atoms with Crippen molar-refractivity contribution in [1.29, 1.82) is 0 Å². The smallest absolute Gasteiger partial charge is 0.342 e. The number of amides is 1. The predicted molar refractivity (Wildman–Crippen MR) is 100 cm³/mol. The summed E-state index contributed by atoms with van der Waals surface area (Å²) >= 11 is 0. The van der Waals surface area contributed by atoms with Gasteiger partial charge >= 0.3 is 5.97 Å². The molecule has 0 fully saturated rings. The summed E-state index contributed by atoms with van der Waals surface area (Å²) in [6.45, 7) is 3.41. The number of phenolic OH excluding ortho intramolecular Hbond substituents is 1. The van der Waals surface area contributed by atoms with E-state index in [0.717, 1.165) is 10.9 Å². The molecule has 26 heavy (non-hydrogen) atoms. The van der Waals surface area contributed by atoms with Crippen LogP contribution in [0.1, 0.15) is 22.8 Å². The summed E-state index contributed by atoms with van der Waals surface area (Å²) in [6, 6.07) is 17.7. The van der Waals surface area contributed by atoms with Crippen LogP contribution < -0.4 is 5.32 Å². The van der Waals surface area contributed by atoms with Crippen LogP contribution in [0.2, 0.25) is 0 Å². The number of carbonyl (C=O) groups excluding carboxylic acids is 2. The minimum absolute atomic E-state index is 0.0268. The van der Waals surface area contributed by atoms with Crippen LogP contribution in [0.5, 0.6) is 5.75 Å². The van der Waals surface area contributed by atoms with Crippen molar-refractivity contribution in [2.45, 2.75) is 20.0 Å². The Labute approximate surface area is 151 Å². The fourth-order valence-corrected chi connectivity index (χ4v) is 2.66. The Bertz CT molecular complexity index is 981. The van der Waals surface area contributed by atoms with Gasteiger partial charge in [0.05, 0.1) is 0 Å². The molecular formula is C21H19NO4. The van der Waals surface area contributed by atoms with Gasteiger partial charge in [0.2, 0.25) is 0 Å². The molecule has 0 saturated carbocycles. The number of carbonyl (C=O) groups is 2. The molecule has 3 rings (SSSR count). The average Bonchev–Trinajstić information content (AvgIpc) is 2.62. The molecule has 0 aromatic heterocycles. The van der Waals surface area contributed by atoms with Crippen molar-refractivity contribution in [1.82, 2.24) is 0 Å². The van der Waals surface area contributed by atoms with E-state index >= 15 is 0 Å². The van der Waals surface area contributed by atoms with Crippen LogP contribution in [0.25, 0.3) is 10.8 Å². The monoisotopic (exact) mass is 349 g/mol. The van der Waals surface area contributed by atoms with E-state index in [1.807, 2.05) is 37.3 Å². The average molecular weight is 349 g/mol. The van der Waals surface area contributed by atoms with E-state index < -0.39 is 18.0 Å². The van der Waals surface area contributed by atoms with Gasteiger partial charge in [-0.25, -0.2) is 4.79 Å². The number of ether oxygens (including phenoxy) is 1. The molecule has 0 spiro atoms. The van der Waals surface area contributed by atoms with Crippen molar-refractivity contribution >= 4 is 28.3 Å². The van der Waals surface area contributed by atoms with Gasteiger partial charge in [0, 0.05) is 11.1 Å². The van der Waals surface area contributed by atoms with Crippen molar-refractivity contribution in [2.24, 2.45) is 0 Å². The van der Waals surface area contributed by atoms with Gasteiger partial charge in [-0.2, -0.15) is 0 Å². The van der Waals surface area contributed by atoms with Crippen molar-refractivity contribution in [3.63, 3.8) is 0 Å². The predicted octanol–water partition coefficient (Wildman–Crippen LogP) is 4.04. The highest BCUT2D eigenvalue weighted by Gasteiger charge is 2.22. The van der Waals surface area contributed by atoms with E-state index in [1.165, 1.54) is 13.0 Å². The van der Waals surface area contributed by atoms with Gasteiger partial charge in [0.1, 0.15) is 11.3 Å². The zero-order valence-electron chi connectivity index (χ0n) is 14.5. The van der Waals surface area contributed by atoms with Gasteiger partial charge in [-0.15, -0.1) is 0 Å². The van der Waals surface area contributed by atoms with Crippen LogP contribution in [0.4, 0.5) is 5.69 Å². The largest absolute Gasteiger partial charge is 0.506 e. The van der Waals surface area contributed by atoms with Gasteiger partial charge in [-0.1, -0.05) is 42.5 Å². The fraction of sp³-hybridized carbons (Fsp3) is 0.143. The van der Waals surface area contributed by atoms with Gasteiger partial charge in [-0.05, 0) is 43.0 Å². The Hall–Kier alpha value is -3.34. The molecule has 0 aliphatic rings. The number of anilines is 1. The number of aryl methyl sites for hydroxylation is 1. The summed E-state index contributed by atoms with van der Waals surface area (Å²) in [6.07, 6.45) is -1.01. The molecule has 0 bridgehead atoms. The number of benzene rings is 3. The number of phenols is 1. The Morgan fingerprint density at radius 2 is 1.81 bits per heavy atom. The number of rotatable bonds is 4. The Balaban J connectivity index is 1.73. The lowest BCUT2D eigenvalue weighted by molar-refractivity contribution is -0.123. The second kappa shape index (κ2) is 7.27. The highest BCUT2D eigenvalue weighted by atomic mass is 16.5. The van der Waals surface area contributed by atoms with Crippen LogP contribution in [0.15, 0.2) is 60.7 Å². The maximum absolute atomic E-state index is 12.4. The SMILES string of the molecule is Cc1cccc(NC(=O)[C@@H](C)OC(=O)c2ccc3ccccc3c2O)c1. The highest BCUT2D eigenvalue weighted by Crippen LogP contribution is 2.29. The first kappa shape index (κ1) is 17.5. The topological polar surface area (TPSA) is 75.6 Å². The molecule has 0 heterocycles. The second-order valence-electron chi connectivity index (χ2n) is 6.09. The van der Waals surface area contributed by atoms with Crippen LogP contribution >= 0.6 is 0 Å². The lowest BCUT2D eigenvalue weighted by Crippen LogP contribution is -2.30. The third-order valence-corrected chi connectivity index (χ3v) is 4.06. The number of nitrogens with one attached hydrogen (secondary N) is 1. The number of hydrogen-bond acceptors (Lipinski definition) is 4. The lowest BCUT2D eigenvalue weighted by Gasteiger charge is -2.15. The van der Waals surface area contributed by atoms with E-state index in [0.29, 0.717) is 11.1 Å². The number of hydrogen-bond donors (Lipinski definition) is 2. The third kappa shape index (κ3) is 3.67. The molecule has 1 amide bonds. The maximum Gasteiger partial charge on any atom is 0.342 e. The lowest BCUT2D eigenvalue weighted by atomic mass is 10.1. The zero-order valence-corrected chi connectivity index (χ0v) is 14.5. The fourth-order valence-electron chi connectivity index (χ4n) is 2.66. The van der Waals surface area contributed by atoms with Crippen molar-refractivity contribution < 1.29 is 19.4 Å². The molecule has 0 unspecified atom stereocenters. The summed E-state index contributed by atoms with van der Waals surface area (Å²) in [4.78, 5) is 24.6. The summed E-state index contributed by atoms with van der Waals surface area (Å²) in [5.74, 6) is -1.34. The standard InChI is InChI=1S/C21H19NO4/c1-13-6-5-8-16(12-13)22-20(24)14(2)26-21(25)18-11-10-15-7-3-4-9-17(15)19(18)23/h3-12,14,23H,1-2H3,(H,22,24)/t14-/m1/s1. The van der Waals surface area contributed by atoms with Gasteiger partial charge < -0.3 is 15.2 Å². The first-order chi connectivity index (χ1) is 12.5. The number of esters is 1. The molecule has 1 atom stereocenters. The van der Waals surface area contributed by atoms with E-state index in [9.17, 15) is 14.7 Å². The molecule has 132 valence electrons. The maximum atomic E-state index is 12.4. The molecule has 0 saturated heterocycles. The Morgan fingerprint density at radius 1 is 1.04 bits per heavy atom. The van der Waals surface area contributed by atoms with E-state index in [4.69, 9.17) is 4.74 Å². The summed E-state index contributed by atoms with van der Waals surface area (Å²) in [7, 11) is 0. The van der Waals surface area contributed by atoms with Crippen LogP contribution in [0, 0.1) is 6.92 Å². The van der Waals surface area contributed by atoms with Gasteiger partial charge in [0.15, 0.2) is 6.10 Å². The number of fused-ring (bicyclic) bond motifs is 1. The van der Waals surface area contributed by atoms with Crippen LogP contribution in [0.3, 0.4) is 0 Å². The first-order valence-electron chi connectivity index (χ1n) is 8.25. The molecule has 3 aromatic rings. The molecule has 0 radical (unpaired) electrons. The number of aromatic hydroxyl groups is 1. The van der Waals surface area contributed by atoms with E-state index in [1.54, 1.807) is 24.3 Å². The quantitative estimate of drug-likeness (QED) is 0.697. The third-order valence-electron chi connectivity index (χ3n) is 4.06. The molecule has 5 nitrogen and oxygen atoms in total. The van der Waals surface area contributed by atoms with Gasteiger partial charge in [-0.3, -0.25) is 4.79 Å². The van der Waals surface area contributed by atoms with Gasteiger partial charge in [0.25, 0.3) is 5.91 Å². The second-order valence-corrected chi connectivity index (χ2v) is 6.09. The summed E-state index contributed by atoms with van der Waals surface area (Å²) in [5, 5.41) is 14.4. The van der Waals surface area contributed by atoms with Crippen LogP contribution in [-0.2, 0) is 9.53 Å². The molecule has 0 aliphatic carbocycles. The highest BCUT2D eigenvalue weighted by molar-refractivity contribution is 6.02. The normalized spacial score (nSPS) is 11.8. The Kier molecular flexibility index (Phi) is 4.89. The molecule has 2 N–H and O–H groups in total. The molecule has 3 aromatic carbocycles. The minimum Gasteiger partial charge on any atom is -0.506 e. The van der Waals surface area contributed by atoms with E-state index in [2.05, 4.69) is 5.32 Å². The molecule has 0 aliphatic heterocycles. The van der Waals surface area contributed by atoms with E-state index in [-0.39, 0.29) is 11.3 Å². The summed E-state index contributed by atoms with van der Waals surface area (Å²) < 4.78 is 5.22. The first-order valence-corrected chi connectivity index (χ1v) is 8.25. The Morgan fingerprint density at radius 3 is 2.58 bits per heavy atom. The van der Waals surface area contributed by atoms with Crippen molar-refractivity contribution in [3.8, 4) is 5.75 Å². The zero-order chi connectivity index (χ0) is 18.7.